The summed E-state index contributed by atoms with van der Waals surface area (Å²) < 4.78 is 28.1. The van der Waals surface area contributed by atoms with Crippen molar-refractivity contribution in [3.8, 4) is 0 Å². The summed E-state index contributed by atoms with van der Waals surface area (Å²) in [6, 6.07) is 17.4. The molecule has 1 N–H and O–H groups in total. The second-order valence-corrected chi connectivity index (χ2v) is 11.5. The average molecular weight is 507 g/mol. The van der Waals surface area contributed by atoms with Crippen LogP contribution in [0.5, 0.6) is 0 Å². The van der Waals surface area contributed by atoms with Crippen molar-refractivity contribution in [3.05, 3.63) is 70.2 Å². The first-order valence-electron chi connectivity index (χ1n) is 10.8. The van der Waals surface area contributed by atoms with Gasteiger partial charge in [-0.15, -0.1) is 0 Å². The third-order valence-electron chi connectivity index (χ3n) is 5.68. The van der Waals surface area contributed by atoms with Crippen LogP contribution < -0.4 is 5.32 Å². The van der Waals surface area contributed by atoms with Crippen LogP contribution >= 0.6 is 15.9 Å². The largest absolute Gasteiger partial charge is 0.349 e. The van der Waals surface area contributed by atoms with E-state index in [0.717, 1.165) is 22.0 Å². The van der Waals surface area contributed by atoms with Crippen LogP contribution in [0, 0.1) is 11.8 Å². The second-order valence-electron chi connectivity index (χ2n) is 8.66. The highest BCUT2D eigenvalue weighted by Gasteiger charge is 2.32. The van der Waals surface area contributed by atoms with E-state index in [4.69, 9.17) is 0 Å². The van der Waals surface area contributed by atoms with Gasteiger partial charge in [-0.2, -0.15) is 0 Å². The highest BCUT2D eigenvalue weighted by atomic mass is 79.9. The Labute approximate surface area is 194 Å². The van der Waals surface area contributed by atoms with Gasteiger partial charge in [-0.25, -0.2) is 12.7 Å². The smallest absolute Gasteiger partial charge is 0.223 e. The van der Waals surface area contributed by atoms with E-state index >= 15 is 0 Å². The number of amides is 1. The molecule has 0 bridgehead atoms. The average Bonchev–Trinajstić information content (AvgIpc) is 2.73. The van der Waals surface area contributed by atoms with Crippen LogP contribution in [0.4, 0.5) is 0 Å². The van der Waals surface area contributed by atoms with Crippen molar-refractivity contribution in [2.45, 2.75) is 44.9 Å². The molecule has 1 heterocycles. The zero-order valence-corrected chi connectivity index (χ0v) is 20.5. The summed E-state index contributed by atoms with van der Waals surface area (Å²) in [5.41, 5.74) is 1.87. The molecule has 1 saturated heterocycles. The van der Waals surface area contributed by atoms with Crippen LogP contribution in [0.15, 0.2) is 59.1 Å². The lowest BCUT2D eigenvalue weighted by molar-refractivity contribution is -0.127. The fraction of sp³-hybridized carbons (Fsp3) is 0.458. The molecule has 2 aromatic rings. The summed E-state index contributed by atoms with van der Waals surface area (Å²) in [6.45, 7) is 5.07. The van der Waals surface area contributed by atoms with Crippen molar-refractivity contribution < 1.29 is 13.2 Å². The molecule has 7 heteroatoms. The van der Waals surface area contributed by atoms with Crippen molar-refractivity contribution in [1.82, 2.24) is 9.62 Å². The Kier molecular flexibility index (Phi) is 8.30. The number of hydrogen-bond donors (Lipinski definition) is 1. The molecule has 3 rings (SSSR count). The van der Waals surface area contributed by atoms with Gasteiger partial charge in [0.15, 0.2) is 0 Å². The molecular formula is C24H31BrN2O3S. The Morgan fingerprint density at radius 3 is 2.39 bits per heavy atom. The first-order valence-corrected chi connectivity index (χ1v) is 13.2. The summed E-state index contributed by atoms with van der Waals surface area (Å²) in [4.78, 5) is 13.0. The van der Waals surface area contributed by atoms with Crippen molar-refractivity contribution in [3.63, 3.8) is 0 Å². The minimum absolute atomic E-state index is 0.0201. The molecule has 0 aromatic heterocycles. The highest BCUT2D eigenvalue weighted by Crippen LogP contribution is 2.26. The number of nitrogens with zero attached hydrogens (tertiary/aromatic N) is 1. The molecule has 0 radical (unpaired) electrons. The van der Waals surface area contributed by atoms with Gasteiger partial charge in [0, 0.05) is 23.5 Å². The number of hydrogen-bond acceptors (Lipinski definition) is 3. The summed E-state index contributed by atoms with van der Waals surface area (Å²) in [7, 11) is -3.40. The summed E-state index contributed by atoms with van der Waals surface area (Å²) in [5.74, 6) is 0.304. The SMILES string of the molecule is CC(C)CC(NC(=O)C1CCN(S(=O)(=O)Cc2cccc(Br)c2)CC1)c1ccccc1. The number of piperidine rings is 1. The molecule has 1 fully saturated rings. The number of benzene rings is 2. The fourth-order valence-electron chi connectivity index (χ4n) is 4.05. The van der Waals surface area contributed by atoms with Gasteiger partial charge >= 0.3 is 0 Å². The number of carbonyl (C=O) groups excluding carboxylic acids is 1. The molecule has 31 heavy (non-hydrogen) atoms. The maximum atomic E-state index is 13.0. The van der Waals surface area contributed by atoms with E-state index in [2.05, 4.69) is 35.1 Å². The maximum Gasteiger partial charge on any atom is 0.223 e. The summed E-state index contributed by atoms with van der Waals surface area (Å²) in [6.07, 6.45) is 1.97. The van der Waals surface area contributed by atoms with E-state index in [0.29, 0.717) is 31.8 Å². The second kappa shape index (κ2) is 10.7. The monoisotopic (exact) mass is 506 g/mol. The molecule has 1 amide bonds. The van der Waals surface area contributed by atoms with Crippen LogP contribution in [0.3, 0.4) is 0 Å². The van der Waals surface area contributed by atoms with Gasteiger partial charge in [0.2, 0.25) is 15.9 Å². The summed E-state index contributed by atoms with van der Waals surface area (Å²) >= 11 is 3.39. The van der Waals surface area contributed by atoms with Crippen LogP contribution in [0.2, 0.25) is 0 Å². The Balaban J connectivity index is 1.58. The molecule has 1 aliphatic rings. The van der Waals surface area contributed by atoms with Crippen LogP contribution in [0.25, 0.3) is 0 Å². The predicted octanol–water partition coefficient (Wildman–Crippen LogP) is 4.89. The van der Waals surface area contributed by atoms with Crippen LogP contribution in [-0.2, 0) is 20.6 Å². The lowest BCUT2D eigenvalue weighted by Crippen LogP contribution is -2.44. The maximum absolute atomic E-state index is 13.0. The number of nitrogens with one attached hydrogen (secondary N) is 1. The van der Waals surface area contributed by atoms with Gasteiger partial charge in [-0.3, -0.25) is 4.79 Å². The Morgan fingerprint density at radius 1 is 1.10 bits per heavy atom. The van der Waals surface area contributed by atoms with E-state index in [1.165, 1.54) is 4.31 Å². The summed E-state index contributed by atoms with van der Waals surface area (Å²) in [5, 5.41) is 3.22. The topological polar surface area (TPSA) is 66.5 Å². The molecule has 0 aliphatic carbocycles. The van der Waals surface area contributed by atoms with Gasteiger partial charge in [0.25, 0.3) is 0 Å². The first kappa shape index (κ1) is 24.0. The van der Waals surface area contributed by atoms with E-state index in [1.54, 1.807) is 0 Å². The lowest BCUT2D eigenvalue weighted by atomic mass is 9.93. The van der Waals surface area contributed by atoms with E-state index in [9.17, 15) is 13.2 Å². The normalized spacial score (nSPS) is 16.9. The van der Waals surface area contributed by atoms with Crippen LogP contribution in [-0.4, -0.2) is 31.7 Å². The van der Waals surface area contributed by atoms with Gasteiger partial charge in [-0.05, 0) is 48.4 Å². The number of carbonyl (C=O) groups is 1. The zero-order chi connectivity index (χ0) is 22.4. The third-order valence-corrected chi connectivity index (χ3v) is 8.03. The lowest BCUT2D eigenvalue weighted by Gasteiger charge is -2.32. The van der Waals surface area contributed by atoms with Gasteiger partial charge in [0.05, 0.1) is 11.8 Å². The van der Waals surface area contributed by atoms with Crippen molar-refractivity contribution in [1.29, 1.82) is 0 Å². The molecule has 5 nitrogen and oxygen atoms in total. The quantitative estimate of drug-likeness (QED) is 0.553. The molecular weight excluding hydrogens is 476 g/mol. The van der Waals surface area contributed by atoms with E-state index < -0.39 is 10.0 Å². The number of sulfonamides is 1. The van der Waals surface area contributed by atoms with E-state index in [-0.39, 0.29) is 23.6 Å². The van der Waals surface area contributed by atoms with Gasteiger partial charge in [0.1, 0.15) is 0 Å². The Hall–Kier alpha value is -1.70. The number of rotatable bonds is 8. The molecule has 0 saturated carbocycles. The van der Waals surface area contributed by atoms with Gasteiger partial charge < -0.3 is 5.32 Å². The predicted molar refractivity (Wildman–Crippen MR) is 128 cm³/mol. The van der Waals surface area contributed by atoms with Crippen LogP contribution in [0.1, 0.15) is 50.3 Å². The Morgan fingerprint density at radius 2 is 1.77 bits per heavy atom. The van der Waals surface area contributed by atoms with Crippen molar-refractivity contribution in [2.24, 2.45) is 11.8 Å². The minimum atomic E-state index is -3.40. The number of halogens is 1. The van der Waals surface area contributed by atoms with Gasteiger partial charge in [-0.1, -0.05) is 72.2 Å². The third kappa shape index (κ3) is 6.89. The van der Waals surface area contributed by atoms with E-state index in [1.807, 2.05) is 54.6 Å². The first-order chi connectivity index (χ1) is 14.7. The Bertz CT molecular complexity index is 971. The standard InChI is InChI=1S/C24H31BrN2O3S/c1-18(2)15-23(20-8-4-3-5-9-20)26-24(28)21-11-13-27(14-12-21)31(29,30)17-19-7-6-10-22(25)16-19/h3-10,16,18,21,23H,11-15,17H2,1-2H3,(H,26,28). The fourth-order valence-corrected chi connectivity index (χ4v) is 6.05. The molecule has 1 aliphatic heterocycles. The molecule has 1 unspecified atom stereocenters. The zero-order valence-electron chi connectivity index (χ0n) is 18.1. The molecule has 168 valence electrons. The van der Waals surface area contributed by atoms with Crippen molar-refractivity contribution >= 4 is 31.9 Å². The molecule has 1 atom stereocenters. The minimum Gasteiger partial charge on any atom is -0.349 e. The molecule has 2 aromatic carbocycles. The van der Waals surface area contributed by atoms with Crippen molar-refractivity contribution in [2.75, 3.05) is 13.1 Å². The molecule has 0 spiro atoms. The highest BCUT2D eigenvalue weighted by molar-refractivity contribution is 9.10.